The zero-order valence-corrected chi connectivity index (χ0v) is 17.7. The average Bonchev–Trinajstić information content (AvgIpc) is 3.04. The standard InChI is InChI=1S/C21H22FN3O2S2/c1-12-2-7-15-16(10-12)29-19-18(15)20(27)25(21(24-19)28-11-17(23)26)9-8-13-3-5-14(22)6-4-13/h3-6,12H,2,7-11H2,1H3,(H2,23,26). The van der Waals surface area contributed by atoms with Crippen LogP contribution in [0.1, 0.15) is 29.3 Å². The molecule has 1 amide bonds. The van der Waals surface area contributed by atoms with Crippen molar-refractivity contribution in [3.63, 3.8) is 0 Å². The lowest BCUT2D eigenvalue weighted by atomic mass is 9.89. The van der Waals surface area contributed by atoms with Gasteiger partial charge in [-0.15, -0.1) is 11.3 Å². The average molecular weight is 432 g/mol. The van der Waals surface area contributed by atoms with Crippen LogP contribution in [0.3, 0.4) is 0 Å². The number of halogens is 1. The molecule has 3 aromatic rings. The maximum Gasteiger partial charge on any atom is 0.263 e. The zero-order valence-electron chi connectivity index (χ0n) is 16.1. The highest BCUT2D eigenvalue weighted by Crippen LogP contribution is 2.36. The van der Waals surface area contributed by atoms with Crippen molar-refractivity contribution in [3.8, 4) is 0 Å². The van der Waals surface area contributed by atoms with E-state index in [0.29, 0.717) is 24.0 Å². The van der Waals surface area contributed by atoms with Crippen molar-refractivity contribution in [2.24, 2.45) is 11.7 Å². The van der Waals surface area contributed by atoms with Crippen LogP contribution in [0.15, 0.2) is 34.2 Å². The molecule has 0 radical (unpaired) electrons. The molecule has 1 aliphatic carbocycles. The van der Waals surface area contributed by atoms with Crippen LogP contribution in [0.5, 0.6) is 0 Å². The molecule has 0 saturated heterocycles. The summed E-state index contributed by atoms with van der Waals surface area (Å²) in [5.74, 6) is -0.0593. The van der Waals surface area contributed by atoms with Crippen molar-refractivity contribution >= 4 is 39.2 Å². The molecule has 1 unspecified atom stereocenters. The molecule has 8 heteroatoms. The molecule has 4 rings (SSSR count). The molecule has 152 valence electrons. The van der Waals surface area contributed by atoms with E-state index in [-0.39, 0.29) is 17.1 Å². The highest BCUT2D eigenvalue weighted by Gasteiger charge is 2.24. The second kappa shape index (κ2) is 8.28. The number of hydrogen-bond donors (Lipinski definition) is 1. The number of aryl methyl sites for hydroxylation is 2. The Morgan fingerprint density at radius 1 is 1.38 bits per heavy atom. The number of aromatic nitrogens is 2. The summed E-state index contributed by atoms with van der Waals surface area (Å²) in [5.41, 5.74) is 7.32. The van der Waals surface area contributed by atoms with Crippen LogP contribution in [-0.4, -0.2) is 21.2 Å². The highest BCUT2D eigenvalue weighted by atomic mass is 32.2. The molecule has 0 saturated carbocycles. The van der Waals surface area contributed by atoms with E-state index in [1.807, 2.05) is 0 Å². The fraction of sp³-hybridized carbons (Fsp3) is 0.381. The lowest BCUT2D eigenvalue weighted by Gasteiger charge is -2.17. The number of primary amides is 1. The van der Waals surface area contributed by atoms with Crippen molar-refractivity contribution in [2.45, 2.75) is 44.3 Å². The summed E-state index contributed by atoms with van der Waals surface area (Å²) in [7, 11) is 0. The normalized spacial score (nSPS) is 16.1. The Balaban J connectivity index is 1.75. The van der Waals surface area contributed by atoms with Gasteiger partial charge in [-0.1, -0.05) is 30.8 Å². The number of carbonyl (C=O) groups is 1. The Morgan fingerprint density at radius 2 is 2.14 bits per heavy atom. The number of nitrogens with zero attached hydrogens (tertiary/aromatic N) is 2. The summed E-state index contributed by atoms with van der Waals surface area (Å²) in [5, 5.41) is 1.23. The maximum atomic E-state index is 13.4. The van der Waals surface area contributed by atoms with E-state index in [1.54, 1.807) is 28.0 Å². The molecule has 5 nitrogen and oxygen atoms in total. The number of rotatable bonds is 6. The Hall–Kier alpha value is -2.19. The maximum absolute atomic E-state index is 13.4. The van der Waals surface area contributed by atoms with E-state index in [0.717, 1.165) is 40.6 Å². The molecule has 0 fully saturated rings. The summed E-state index contributed by atoms with van der Waals surface area (Å²) in [6.45, 7) is 2.64. The molecule has 1 aliphatic rings. The van der Waals surface area contributed by atoms with Gasteiger partial charge in [0.2, 0.25) is 5.91 Å². The van der Waals surface area contributed by atoms with Gasteiger partial charge in [-0.2, -0.15) is 0 Å². The molecule has 0 spiro atoms. The topological polar surface area (TPSA) is 78.0 Å². The van der Waals surface area contributed by atoms with Crippen molar-refractivity contribution in [3.05, 3.63) is 56.4 Å². The molecular weight excluding hydrogens is 409 g/mol. The van der Waals surface area contributed by atoms with Crippen LogP contribution < -0.4 is 11.3 Å². The minimum Gasteiger partial charge on any atom is -0.369 e. The third kappa shape index (κ3) is 4.23. The van der Waals surface area contributed by atoms with Gasteiger partial charge in [-0.3, -0.25) is 14.2 Å². The third-order valence-corrected chi connectivity index (χ3v) is 7.41. The molecule has 1 atom stereocenters. The molecular formula is C21H22FN3O2S2. The smallest absolute Gasteiger partial charge is 0.263 e. The van der Waals surface area contributed by atoms with E-state index in [2.05, 4.69) is 6.92 Å². The van der Waals surface area contributed by atoms with Crippen LogP contribution in [0, 0.1) is 11.7 Å². The second-order valence-electron chi connectivity index (χ2n) is 7.51. The van der Waals surface area contributed by atoms with Gasteiger partial charge in [0.25, 0.3) is 5.56 Å². The first-order valence-corrected chi connectivity index (χ1v) is 11.4. The van der Waals surface area contributed by atoms with Gasteiger partial charge in [-0.25, -0.2) is 9.37 Å². The van der Waals surface area contributed by atoms with E-state index in [9.17, 15) is 14.0 Å². The van der Waals surface area contributed by atoms with Crippen molar-refractivity contribution in [2.75, 3.05) is 5.75 Å². The van der Waals surface area contributed by atoms with Crippen molar-refractivity contribution < 1.29 is 9.18 Å². The fourth-order valence-electron chi connectivity index (χ4n) is 3.74. The summed E-state index contributed by atoms with van der Waals surface area (Å²) >= 11 is 2.79. The number of nitrogens with two attached hydrogens (primary N) is 1. The van der Waals surface area contributed by atoms with E-state index < -0.39 is 5.91 Å². The number of benzene rings is 1. The summed E-state index contributed by atoms with van der Waals surface area (Å²) in [6.07, 6.45) is 3.53. The lowest BCUT2D eigenvalue weighted by molar-refractivity contribution is -0.115. The van der Waals surface area contributed by atoms with Gasteiger partial charge in [-0.05, 0) is 54.9 Å². The SMILES string of the molecule is CC1CCc2c(sc3nc(SCC(N)=O)n(CCc4ccc(F)cc4)c(=O)c23)C1. The van der Waals surface area contributed by atoms with Gasteiger partial charge in [0.1, 0.15) is 10.6 Å². The minimum atomic E-state index is -0.450. The van der Waals surface area contributed by atoms with Crippen LogP contribution in [-0.2, 0) is 30.6 Å². The zero-order chi connectivity index (χ0) is 20.5. The number of thioether (sulfide) groups is 1. The van der Waals surface area contributed by atoms with E-state index in [1.165, 1.54) is 28.8 Å². The Morgan fingerprint density at radius 3 is 2.86 bits per heavy atom. The fourth-order valence-corrected chi connectivity index (χ4v) is 5.93. The van der Waals surface area contributed by atoms with Crippen LogP contribution in [0.4, 0.5) is 4.39 Å². The monoisotopic (exact) mass is 431 g/mol. The summed E-state index contributed by atoms with van der Waals surface area (Å²) in [6, 6.07) is 6.27. The first-order chi connectivity index (χ1) is 13.9. The summed E-state index contributed by atoms with van der Waals surface area (Å²) in [4.78, 5) is 31.5. The van der Waals surface area contributed by atoms with Gasteiger partial charge in [0.15, 0.2) is 5.16 Å². The number of hydrogen-bond acceptors (Lipinski definition) is 5. The van der Waals surface area contributed by atoms with Crippen LogP contribution in [0.2, 0.25) is 0 Å². The number of amides is 1. The Kier molecular flexibility index (Phi) is 5.74. The van der Waals surface area contributed by atoms with Crippen LogP contribution in [0.25, 0.3) is 10.2 Å². The van der Waals surface area contributed by atoms with Crippen LogP contribution >= 0.6 is 23.1 Å². The van der Waals surface area contributed by atoms with E-state index >= 15 is 0 Å². The molecule has 2 N–H and O–H groups in total. The highest BCUT2D eigenvalue weighted by molar-refractivity contribution is 7.99. The predicted molar refractivity (Wildman–Crippen MR) is 115 cm³/mol. The third-order valence-electron chi connectivity index (χ3n) is 5.26. The molecule has 0 aliphatic heterocycles. The predicted octanol–water partition coefficient (Wildman–Crippen LogP) is 3.54. The number of fused-ring (bicyclic) bond motifs is 3. The second-order valence-corrected chi connectivity index (χ2v) is 9.54. The van der Waals surface area contributed by atoms with Gasteiger partial charge in [0.05, 0.1) is 11.1 Å². The molecule has 2 heterocycles. The first-order valence-electron chi connectivity index (χ1n) is 9.63. The largest absolute Gasteiger partial charge is 0.369 e. The lowest BCUT2D eigenvalue weighted by Crippen LogP contribution is -2.25. The Labute approximate surface area is 176 Å². The molecule has 1 aromatic carbocycles. The Bertz CT molecular complexity index is 1120. The quantitative estimate of drug-likeness (QED) is 0.478. The minimum absolute atomic E-state index is 0.0591. The molecule has 29 heavy (non-hydrogen) atoms. The van der Waals surface area contributed by atoms with Gasteiger partial charge in [0, 0.05) is 11.4 Å². The van der Waals surface area contributed by atoms with Crippen molar-refractivity contribution in [1.29, 1.82) is 0 Å². The molecule has 2 aromatic heterocycles. The van der Waals surface area contributed by atoms with Crippen molar-refractivity contribution in [1.82, 2.24) is 9.55 Å². The number of thiophene rings is 1. The first kappa shape index (κ1) is 20.1. The van der Waals surface area contributed by atoms with Gasteiger partial charge < -0.3 is 5.73 Å². The number of carbonyl (C=O) groups excluding carboxylic acids is 1. The van der Waals surface area contributed by atoms with Gasteiger partial charge >= 0.3 is 0 Å². The molecule has 0 bridgehead atoms. The summed E-state index contributed by atoms with van der Waals surface area (Å²) < 4.78 is 14.8. The van der Waals surface area contributed by atoms with E-state index in [4.69, 9.17) is 10.7 Å².